The number of anilines is 1. The van der Waals surface area contributed by atoms with E-state index in [0.29, 0.717) is 17.4 Å². The van der Waals surface area contributed by atoms with Crippen molar-refractivity contribution in [2.75, 3.05) is 18.0 Å². The zero-order valence-corrected chi connectivity index (χ0v) is 18.0. The number of nitrogens with zero attached hydrogens (tertiary/aromatic N) is 4. The number of fused-ring (bicyclic) bond motifs is 1. The van der Waals surface area contributed by atoms with Crippen molar-refractivity contribution in [2.45, 2.75) is 26.2 Å². The second-order valence-electron chi connectivity index (χ2n) is 8.19. The Labute approximate surface area is 186 Å². The molecule has 0 spiro atoms. The molecule has 1 aliphatic heterocycles. The number of aromatic nitrogens is 2. The molecule has 1 aromatic carbocycles. The lowest BCUT2D eigenvalue weighted by Gasteiger charge is -2.33. The fourth-order valence-electron chi connectivity index (χ4n) is 4.27. The first-order chi connectivity index (χ1) is 15.5. The summed E-state index contributed by atoms with van der Waals surface area (Å²) in [6.07, 6.45) is 5.87. The average Bonchev–Trinajstić information content (AvgIpc) is 2.80. The van der Waals surface area contributed by atoms with Crippen LogP contribution in [-0.2, 0) is 11.2 Å². The molecule has 4 rings (SSSR count). The minimum Gasteiger partial charge on any atom is -0.365 e. The van der Waals surface area contributed by atoms with E-state index in [1.165, 1.54) is 16.0 Å². The van der Waals surface area contributed by atoms with Crippen molar-refractivity contribution in [3.05, 3.63) is 81.3 Å². The third-order valence-electron chi connectivity index (χ3n) is 6.02. The molecule has 1 saturated heterocycles. The number of nitriles is 1. The summed E-state index contributed by atoms with van der Waals surface area (Å²) in [5, 5.41) is 9.32. The maximum Gasteiger partial charge on any atom is 0.267 e. The number of hydrogen-bond acceptors (Lipinski definition) is 5. The first kappa shape index (κ1) is 21.3. The van der Waals surface area contributed by atoms with Gasteiger partial charge in [0.05, 0.1) is 5.56 Å². The van der Waals surface area contributed by atoms with Crippen LogP contribution in [0, 0.1) is 24.2 Å². The molecule has 1 fully saturated rings. The monoisotopic (exact) mass is 427 g/mol. The van der Waals surface area contributed by atoms with Crippen LogP contribution in [0.15, 0.2) is 59.0 Å². The Kier molecular flexibility index (Phi) is 6.04. The van der Waals surface area contributed by atoms with Gasteiger partial charge in [-0.05, 0) is 55.4 Å². The molecular weight excluding hydrogens is 402 g/mol. The van der Waals surface area contributed by atoms with E-state index in [0.717, 1.165) is 37.9 Å². The van der Waals surface area contributed by atoms with Gasteiger partial charge < -0.3 is 10.6 Å². The van der Waals surface area contributed by atoms with E-state index in [2.05, 4.69) is 29.2 Å². The molecule has 7 heteroatoms. The van der Waals surface area contributed by atoms with Gasteiger partial charge in [-0.2, -0.15) is 5.26 Å². The van der Waals surface area contributed by atoms with E-state index < -0.39 is 5.91 Å². The van der Waals surface area contributed by atoms with Crippen LogP contribution in [0.3, 0.4) is 0 Å². The van der Waals surface area contributed by atoms with Crippen LogP contribution >= 0.6 is 0 Å². The van der Waals surface area contributed by atoms with Gasteiger partial charge in [0, 0.05) is 19.3 Å². The summed E-state index contributed by atoms with van der Waals surface area (Å²) in [5.74, 6) is 0.182. The highest BCUT2D eigenvalue weighted by molar-refractivity contribution is 6.01. The fourth-order valence-corrected chi connectivity index (χ4v) is 4.27. The van der Waals surface area contributed by atoms with Crippen molar-refractivity contribution in [3.8, 4) is 6.07 Å². The van der Waals surface area contributed by atoms with Gasteiger partial charge in [0.1, 0.15) is 23.1 Å². The topological polar surface area (TPSA) is 104 Å². The Bertz CT molecular complexity index is 1280. The number of aryl methyl sites for hydroxylation is 1. The normalized spacial score (nSPS) is 15.0. The fraction of sp³-hybridized carbons (Fsp3) is 0.280. The molecule has 3 aromatic rings. The number of pyridine rings is 1. The lowest BCUT2D eigenvalue weighted by Crippen LogP contribution is -2.37. The Hall–Kier alpha value is -3.92. The number of nitrogens with two attached hydrogens (primary N) is 1. The molecule has 1 amide bonds. The number of benzene rings is 1. The van der Waals surface area contributed by atoms with Gasteiger partial charge >= 0.3 is 0 Å². The van der Waals surface area contributed by atoms with Gasteiger partial charge in [0.15, 0.2) is 0 Å². The van der Waals surface area contributed by atoms with Crippen LogP contribution in [0.1, 0.15) is 29.5 Å². The average molecular weight is 428 g/mol. The molecule has 0 atom stereocenters. The summed E-state index contributed by atoms with van der Waals surface area (Å²) in [7, 11) is 0. The minimum absolute atomic E-state index is 0.213. The van der Waals surface area contributed by atoms with Crippen LogP contribution < -0.4 is 16.2 Å². The predicted molar refractivity (Wildman–Crippen MR) is 124 cm³/mol. The van der Waals surface area contributed by atoms with Gasteiger partial charge in [-0.15, -0.1) is 0 Å². The predicted octanol–water partition coefficient (Wildman–Crippen LogP) is 2.85. The highest BCUT2D eigenvalue weighted by Crippen LogP contribution is 2.27. The lowest BCUT2D eigenvalue weighted by atomic mass is 9.90. The number of rotatable bonds is 5. The molecule has 0 bridgehead atoms. The standard InChI is InChI=1S/C25H25N5O2/c1-17-6-5-11-30-23(17)28-24(21(25(30)32)15-20(16-26)22(27)31)29-12-9-19(10-13-29)14-18-7-3-2-4-8-18/h2-8,11,15,19H,9-10,12-14H2,1H3,(H2,27,31)/b20-15+. The Balaban J connectivity index is 1.71. The highest BCUT2D eigenvalue weighted by atomic mass is 16.1. The van der Waals surface area contributed by atoms with Crippen LogP contribution in [0.2, 0.25) is 0 Å². The van der Waals surface area contributed by atoms with Crippen molar-refractivity contribution < 1.29 is 4.79 Å². The number of piperidine rings is 1. The zero-order valence-electron chi connectivity index (χ0n) is 18.0. The Morgan fingerprint density at radius 1 is 1.22 bits per heavy atom. The molecule has 0 unspecified atom stereocenters. The summed E-state index contributed by atoms with van der Waals surface area (Å²) in [4.78, 5) is 31.8. The third-order valence-corrected chi connectivity index (χ3v) is 6.02. The summed E-state index contributed by atoms with van der Waals surface area (Å²) < 4.78 is 1.45. The lowest BCUT2D eigenvalue weighted by molar-refractivity contribution is -0.114. The summed E-state index contributed by atoms with van der Waals surface area (Å²) >= 11 is 0. The molecule has 0 radical (unpaired) electrons. The minimum atomic E-state index is -0.867. The largest absolute Gasteiger partial charge is 0.365 e. The smallest absolute Gasteiger partial charge is 0.267 e. The molecule has 0 saturated carbocycles. The van der Waals surface area contributed by atoms with Gasteiger partial charge in [-0.1, -0.05) is 36.4 Å². The number of hydrogen-bond donors (Lipinski definition) is 1. The van der Waals surface area contributed by atoms with Crippen molar-refractivity contribution in [3.63, 3.8) is 0 Å². The molecule has 2 N–H and O–H groups in total. The number of primary amides is 1. The van der Waals surface area contributed by atoms with Crippen LogP contribution in [0.25, 0.3) is 11.7 Å². The van der Waals surface area contributed by atoms with Gasteiger partial charge in [-0.25, -0.2) is 4.98 Å². The molecule has 3 heterocycles. The van der Waals surface area contributed by atoms with Crippen LogP contribution in [0.4, 0.5) is 5.82 Å². The molecule has 32 heavy (non-hydrogen) atoms. The Morgan fingerprint density at radius 2 is 1.94 bits per heavy atom. The highest BCUT2D eigenvalue weighted by Gasteiger charge is 2.25. The van der Waals surface area contributed by atoms with Crippen molar-refractivity contribution in [2.24, 2.45) is 11.7 Å². The molecule has 2 aromatic heterocycles. The summed E-state index contributed by atoms with van der Waals surface area (Å²) in [5.41, 5.74) is 7.71. The number of amides is 1. The SMILES string of the molecule is Cc1cccn2c(=O)c(/C=C(\C#N)C(N)=O)c(N3CCC(Cc4ccccc4)CC3)nc12. The van der Waals surface area contributed by atoms with E-state index in [1.54, 1.807) is 18.3 Å². The van der Waals surface area contributed by atoms with E-state index in [-0.39, 0.29) is 16.7 Å². The Morgan fingerprint density at radius 3 is 2.59 bits per heavy atom. The van der Waals surface area contributed by atoms with Crippen molar-refractivity contribution in [1.29, 1.82) is 5.26 Å². The summed E-state index contributed by atoms with van der Waals surface area (Å²) in [6, 6.07) is 15.9. The number of carbonyl (C=O) groups is 1. The van der Waals surface area contributed by atoms with E-state index >= 15 is 0 Å². The first-order valence-corrected chi connectivity index (χ1v) is 10.7. The quantitative estimate of drug-likeness (QED) is 0.498. The van der Waals surface area contributed by atoms with Crippen molar-refractivity contribution >= 4 is 23.4 Å². The molecule has 162 valence electrons. The van der Waals surface area contributed by atoms with E-state index in [9.17, 15) is 14.9 Å². The molecule has 1 aliphatic rings. The van der Waals surface area contributed by atoms with E-state index in [4.69, 9.17) is 10.7 Å². The zero-order chi connectivity index (χ0) is 22.7. The van der Waals surface area contributed by atoms with Gasteiger partial charge in [0.25, 0.3) is 11.5 Å². The second kappa shape index (κ2) is 9.06. The molecule has 0 aliphatic carbocycles. The summed E-state index contributed by atoms with van der Waals surface area (Å²) in [6.45, 7) is 3.38. The maximum absolute atomic E-state index is 13.3. The second-order valence-corrected chi connectivity index (χ2v) is 8.19. The van der Waals surface area contributed by atoms with Crippen molar-refractivity contribution in [1.82, 2.24) is 9.38 Å². The van der Waals surface area contributed by atoms with Crippen LogP contribution in [-0.4, -0.2) is 28.4 Å². The van der Waals surface area contributed by atoms with Gasteiger partial charge in [0.2, 0.25) is 0 Å². The third kappa shape index (κ3) is 4.26. The van der Waals surface area contributed by atoms with Crippen LogP contribution in [0.5, 0.6) is 0 Å². The van der Waals surface area contributed by atoms with Gasteiger partial charge in [-0.3, -0.25) is 14.0 Å². The molecular formula is C25H25N5O2. The molecule has 7 nitrogen and oxygen atoms in total. The first-order valence-electron chi connectivity index (χ1n) is 10.7. The van der Waals surface area contributed by atoms with E-state index in [1.807, 2.05) is 19.1 Å². The number of carbonyl (C=O) groups excluding carboxylic acids is 1. The maximum atomic E-state index is 13.3.